The van der Waals surface area contributed by atoms with Crippen molar-refractivity contribution in [2.24, 2.45) is 0 Å². The molecule has 0 amide bonds. The Balaban J connectivity index is 1.52. The quantitative estimate of drug-likeness (QED) is 0.352. The van der Waals surface area contributed by atoms with E-state index in [2.05, 4.69) is 24.3 Å². The Morgan fingerprint density at radius 3 is 1.97 bits per heavy atom. The van der Waals surface area contributed by atoms with Crippen LogP contribution >= 0.6 is 0 Å². The Kier molecular flexibility index (Phi) is 5.90. The van der Waals surface area contributed by atoms with Gasteiger partial charge in [0.25, 0.3) is 0 Å². The molecule has 0 radical (unpaired) electrons. The third-order valence-electron chi connectivity index (χ3n) is 5.93. The molecular formula is C29H26O4. The Morgan fingerprint density at radius 2 is 1.21 bits per heavy atom. The highest BCUT2D eigenvalue weighted by atomic mass is 16.5. The van der Waals surface area contributed by atoms with E-state index in [1.165, 1.54) is 5.56 Å². The number of hydrogen-bond donors (Lipinski definition) is 1. The number of ether oxygens (including phenoxy) is 3. The van der Waals surface area contributed by atoms with Crippen LogP contribution in [0.25, 0.3) is 0 Å². The molecule has 4 nitrogen and oxygen atoms in total. The third kappa shape index (κ3) is 4.96. The van der Waals surface area contributed by atoms with Gasteiger partial charge in [0, 0.05) is 0 Å². The van der Waals surface area contributed by atoms with Crippen molar-refractivity contribution in [1.29, 1.82) is 0 Å². The lowest BCUT2D eigenvalue weighted by Gasteiger charge is -2.13. The molecule has 0 unspecified atom stereocenters. The van der Waals surface area contributed by atoms with Crippen LogP contribution in [-0.2, 0) is 25.7 Å². The fraction of sp³-hybridized carbons (Fsp3) is 0.172. The van der Waals surface area contributed by atoms with Crippen LogP contribution in [0.15, 0.2) is 84.9 Å². The van der Waals surface area contributed by atoms with Gasteiger partial charge in [-0.05, 0) is 96.5 Å². The molecule has 0 fully saturated rings. The molecule has 1 N–H and O–H groups in total. The Morgan fingerprint density at radius 1 is 0.606 bits per heavy atom. The zero-order chi connectivity index (χ0) is 22.6. The summed E-state index contributed by atoms with van der Waals surface area (Å²) in [5.74, 6) is 3.54. The summed E-state index contributed by atoms with van der Waals surface area (Å²) in [6, 6.07) is 27.8. The van der Waals surface area contributed by atoms with Gasteiger partial charge in [-0.2, -0.15) is 0 Å². The molecule has 166 valence electrons. The number of hydrogen-bond acceptors (Lipinski definition) is 4. The molecule has 8 bridgehead atoms. The Hall–Kier alpha value is -3.92. The van der Waals surface area contributed by atoms with Gasteiger partial charge in [-0.15, -0.1) is 0 Å². The van der Waals surface area contributed by atoms with Crippen LogP contribution in [0.5, 0.6) is 34.5 Å². The first-order valence-corrected chi connectivity index (χ1v) is 11.2. The summed E-state index contributed by atoms with van der Waals surface area (Å²) in [4.78, 5) is 0. The van der Waals surface area contributed by atoms with Crippen LogP contribution in [0.4, 0.5) is 0 Å². The second kappa shape index (κ2) is 9.29. The number of phenolic OH excluding ortho intramolecular Hbond substituents is 1. The largest absolute Gasteiger partial charge is 0.504 e. The maximum Gasteiger partial charge on any atom is 0.169 e. The fourth-order valence-electron chi connectivity index (χ4n) is 4.07. The van der Waals surface area contributed by atoms with Crippen molar-refractivity contribution in [2.75, 3.05) is 7.11 Å². The highest BCUT2D eigenvalue weighted by Crippen LogP contribution is 2.35. The lowest BCUT2D eigenvalue weighted by molar-refractivity contribution is 0.378. The van der Waals surface area contributed by atoms with E-state index in [1.54, 1.807) is 13.2 Å². The maximum atomic E-state index is 10.3. The number of fused-ring (bicyclic) bond motifs is 4. The molecule has 4 aromatic carbocycles. The summed E-state index contributed by atoms with van der Waals surface area (Å²) < 4.78 is 17.8. The maximum absolute atomic E-state index is 10.3. The van der Waals surface area contributed by atoms with Crippen molar-refractivity contribution in [3.05, 3.63) is 107 Å². The van der Waals surface area contributed by atoms with E-state index in [0.717, 1.165) is 48.1 Å². The van der Waals surface area contributed by atoms with E-state index in [1.807, 2.05) is 54.6 Å². The molecular weight excluding hydrogens is 412 g/mol. The van der Waals surface area contributed by atoms with Gasteiger partial charge in [0.05, 0.1) is 7.11 Å². The van der Waals surface area contributed by atoms with Crippen molar-refractivity contribution in [3.8, 4) is 34.5 Å². The van der Waals surface area contributed by atoms with Gasteiger partial charge in [0.15, 0.2) is 23.0 Å². The van der Waals surface area contributed by atoms with Gasteiger partial charge in [0.2, 0.25) is 0 Å². The topological polar surface area (TPSA) is 47.9 Å². The third-order valence-corrected chi connectivity index (χ3v) is 5.93. The Labute approximate surface area is 194 Å². The molecule has 6 rings (SSSR count). The monoisotopic (exact) mass is 438 g/mol. The Bertz CT molecular complexity index is 1260. The van der Waals surface area contributed by atoms with Crippen LogP contribution in [0, 0.1) is 0 Å². The first-order chi connectivity index (χ1) is 16.2. The minimum Gasteiger partial charge on any atom is -0.504 e. The number of aryl methyl sites for hydroxylation is 4. The van der Waals surface area contributed by atoms with Gasteiger partial charge in [0.1, 0.15) is 11.5 Å². The first-order valence-electron chi connectivity index (χ1n) is 11.2. The van der Waals surface area contributed by atoms with E-state index < -0.39 is 0 Å². The van der Waals surface area contributed by atoms with E-state index in [9.17, 15) is 5.11 Å². The zero-order valence-electron chi connectivity index (χ0n) is 18.6. The predicted octanol–water partition coefficient (Wildman–Crippen LogP) is 6.87. The summed E-state index contributed by atoms with van der Waals surface area (Å²) in [7, 11) is 1.66. The summed E-state index contributed by atoms with van der Waals surface area (Å²) in [6.45, 7) is 0. The van der Waals surface area contributed by atoms with E-state index in [4.69, 9.17) is 14.2 Å². The van der Waals surface area contributed by atoms with Gasteiger partial charge in [-0.1, -0.05) is 36.4 Å². The molecule has 4 aromatic rings. The smallest absolute Gasteiger partial charge is 0.169 e. The van der Waals surface area contributed by atoms with Crippen LogP contribution in [0.2, 0.25) is 0 Å². The molecule has 4 heteroatoms. The van der Waals surface area contributed by atoms with E-state index in [0.29, 0.717) is 23.0 Å². The van der Waals surface area contributed by atoms with Gasteiger partial charge in [-0.3, -0.25) is 0 Å². The number of aromatic hydroxyl groups is 1. The zero-order valence-corrected chi connectivity index (χ0v) is 18.6. The number of phenols is 1. The van der Waals surface area contributed by atoms with Crippen molar-refractivity contribution in [3.63, 3.8) is 0 Å². The second-order valence-electron chi connectivity index (χ2n) is 8.28. The summed E-state index contributed by atoms with van der Waals surface area (Å²) >= 11 is 0. The summed E-state index contributed by atoms with van der Waals surface area (Å²) in [6.07, 6.45) is 3.42. The normalized spacial score (nSPS) is 13.1. The minimum absolute atomic E-state index is 0.141. The first kappa shape index (κ1) is 21.0. The lowest BCUT2D eigenvalue weighted by atomic mass is 10.0. The number of benzene rings is 4. The van der Waals surface area contributed by atoms with Crippen molar-refractivity contribution >= 4 is 0 Å². The molecule has 0 saturated carbocycles. The van der Waals surface area contributed by atoms with E-state index in [-0.39, 0.29) is 5.75 Å². The van der Waals surface area contributed by atoms with Crippen molar-refractivity contribution in [1.82, 2.24) is 0 Å². The minimum atomic E-state index is 0.141. The molecule has 0 saturated heterocycles. The molecule has 33 heavy (non-hydrogen) atoms. The predicted molar refractivity (Wildman–Crippen MR) is 129 cm³/mol. The van der Waals surface area contributed by atoms with Crippen molar-refractivity contribution < 1.29 is 19.3 Å². The van der Waals surface area contributed by atoms with Crippen LogP contribution in [0.3, 0.4) is 0 Å². The average molecular weight is 439 g/mol. The summed E-state index contributed by atoms with van der Waals surface area (Å²) in [5.41, 5.74) is 4.65. The molecule has 0 atom stereocenters. The molecule has 0 spiro atoms. The number of rotatable bonds is 1. The summed E-state index contributed by atoms with van der Waals surface area (Å²) in [5, 5.41) is 10.3. The standard InChI is InChI=1S/C29H26O4/c1-31-27-16-12-23-8-7-21-3-2-4-25(17-21)33-28-18-22(11-15-26(28)30)6-5-20-9-13-24(14-10-20)32-29(27)19-23/h2-4,9-19,30H,5-8H2,1H3. The second-order valence-corrected chi connectivity index (χ2v) is 8.28. The highest BCUT2D eigenvalue weighted by Gasteiger charge is 2.10. The van der Waals surface area contributed by atoms with Gasteiger partial charge in [-0.25, -0.2) is 0 Å². The average Bonchev–Trinajstić information content (AvgIpc) is 2.84. The van der Waals surface area contributed by atoms with Gasteiger partial charge >= 0.3 is 0 Å². The number of methoxy groups -OCH3 is 1. The van der Waals surface area contributed by atoms with E-state index >= 15 is 0 Å². The lowest BCUT2D eigenvalue weighted by Crippen LogP contribution is -1.96. The molecule has 2 aliphatic rings. The van der Waals surface area contributed by atoms with Crippen molar-refractivity contribution in [2.45, 2.75) is 25.7 Å². The SMILES string of the molecule is COc1ccc2cc1Oc1ccc(cc1)CCc1ccc(O)c(c1)Oc1cccc(c1)CC2. The molecule has 0 aromatic heterocycles. The van der Waals surface area contributed by atoms with Crippen LogP contribution in [0.1, 0.15) is 22.3 Å². The molecule has 0 aliphatic carbocycles. The molecule has 2 aliphatic heterocycles. The fourth-order valence-corrected chi connectivity index (χ4v) is 4.07. The van der Waals surface area contributed by atoms with Gasteiger partial charge < -0.3 is 19.3 Å². The van der Waals surface area contributed by atoms with Crippen LogP contribution in [-0.4, -0.2) is 12.2 Å². The highest BCUT2D eigenvalue weighted by molar-refractivity contribution is 5.47. The van der Waals surface area contributed by atoms with Crippen LogP contribution < -0.4 is 14.2 Å². The molecule has 2 heterocycles.